The van der Waals surface area contributed by atoms with Crippen LogP contribution in [-0.2, 0) is 6.42 Å². The fraction of sp³-hybridized carbons (Fsp3) is 0.333. The first-order valence-electron chi connectivity index (χ1n) is 6.72. The summed E-state index contributed by atoms with van der Waals surface area (Å²) < 4.78 is 0.944. The summed E-state index contributed by atoms with van der Waals surface area (Å²) in [5.41, 5.74) is 1.92. The number of benzene rings is 1. The van der Waals surface area contributed by atoms with Crippen LogP contribution in [0.25, 0.3) is 11.4 Å². The highest BCUT2D eigenvalue weighted by atomic mass is 79.9. The van der Waals surface area contributed by atoms with Gasteiger partial charge in [-0.25, -0.2) is 9.97 Å². The Kier molecular flexibility index (Phi) is 5.38. The summed E-state index contributed by atoms with van der Waals surface area (Å²) in [5.74, 6) is 1.54. The van der Waals surface area contributed by atoms with Gasteiger partial charge in [-0.2, -0.15) is 0 Å². The minimum atomic E-state index is 0.690. The van der Waals surface area contributed by atoms with E-state index in [-0.39, 0.29) is 0 Å². The molecule has 2 aromatic rings. The van der Waals surface area contributed by atoms with Crippen LogP contribution in [0.1, 0.15) is 26.0 Å². The van der Waals surface area contributed by atoms with Gasteiger partial charge in [0.2, 0.25) is 0 Å². The molecule has 0 unspecified atom stereocenters. The molecule has 0 bridgehead atoms. The van der Waals surface area contributed by atoms with Crippen molar-refractivity contribution in [1.29, 1.82) is 0 Å². The normalized spacial score (nSPS) is 10.6. The van der Waals surface area contributed by atoms with Gasteiger partial charge in [0.25, 0.3) is 0 Å². The Morgan fingerprint density at radius 2 is 2.05 bits per heavy atom. The summed E-state index contributed by atoms with van der Waals surface area (Å²) >= 11 is 9.62. The van der Waals surface area contributed by atoms with Crippen molar-refractivity contribution in [2.75, 3.05) is 11.9 Å². The summed E-state index contributed by atoms with van der Waals surface area (Å²) in [6, 6.07) is 7.61. The van der Waals surface area contributed by atoms with Gasteiger partial charge < -0.3 is 5.32 Å². The van der Waals surface area contributed by atoms with Gasteiger partial charge >= 0.3 is 0 Å². The van der Waals surface area contributed by atoms with E-state index < -0.39 is 0 Å². The van der Waals surface area contributed by atoms with E-state index >= 15 is 0 Å². The molecule has 0 spiro atoms. The number of hydrogen-bond donors (Lipinski definition) is 1. The van der Waals surface area contributed by atoms with Crippen LogP contribution in [0.3, 0.4) is 0 Å². The summed E-state index contributed by atoms with van der Waals surface area (Å²) in [4.78, 5) is 9.22. The first-order valence-corrected chi connectivity index (χ1v) is 7.89. The van der Waals surface area contributed by atoms with E-state index in [1.165, 1.54) is 0 Å². The van der Waals surface area contributed by atoms with Crippen molar-refractivity contribution >= 4 is 33.3 Å². The Hall–Kier alpha value is -1.13. The van der Waals surface area contributed by atoms with Crippen LogP contribution >= 0.6 is 27.5 Å². The van der Waals surface area contributed by atoms with Crippen LogP contribution in [0, 0.1) is 0 Å². The summed E-state index contributed by atoms with van der Waals surface area (Å²) in [7, 11) is 0. The minimum absolute atomic E-state index is 0.690. The van der Waals surface area contributed by atoms with Gasteiger partial charge in [0.05, 0.1) is 10.2 Å². The Balaban J connectivity index is 2.48. The zero-order chi connectivity index (χ0) is 14.5. The van der Waals surface area contributed by atoms with E-state index in [9.17, 15) is 0 Å². The lowest BCUT2D eigenvalue weighted by molar-refractivity contribution is 0.944. The van der Waals surface area contributed by atoms with Crippen molar-refractivity contribution in [3.05, 3.63) is 39.5 Å². The van der Waals surface area contributed by atoms with E-state index in [4.69, 9.17) is 11.6 Å². The molecule has 106 valence electrons. The smallest absolute Gasteiger partial charge is 0.161 e. The fourth-order valence-electron chi connectivity index (χ4n) is 1.85. The number of nitrogens with one attached hydrogen (secondary N) is 1. The average molecular weight is 355 g/mol. The van der Waals surface area contributed by atoms with Gasteiger partial charge in [0.1, 0.15) is 5.82 Å². The molecule has 3 nitrogen and oxygen atoms in total. The number of anilines is 1. The second-order valence-corrected chi connectivity index (χ2v) is 5.68. The van der Waals surface area contributed by atoms with Crippen molar-refractivity contribution in [3.63, 3.8) is 0 Å². The van der Waals surface area contributed by atoms with Crippen molar-refractivity contribution in [1.82, 2.24) is 9.97 Å². The number of aryl methyl sites for hydroxylation is 1. The third-order valence-corrected chi connectivity index (χ3v) is 3.95. The standard InChI is InChI=1S/C15H17BrClN3/c1-3-8-18-15-13(16)12(4-2)19-14(20-15)10-6-5-7-11(17)9-10/h5-7,9H,3-4,8H2,1-2H3,(H,18,19,20). The summed E-state index contributed by atoms with van der Waals surface area (Å²) in [5, 5.41) is 4.02. The SMILES string of the molecule is CCCNc1nc(-c2cccc(Cl)c2)nc(CC)c1Br. The van der Waals surface area contributed by atoms with Gasteiger partial charge in [-0.15, -0.1) is 0 Å². The van der Waals surface area contributed by atoms with Crippen LogP contribution < -0.4 is 5.32 Å². The third kappa shape index (κ3) is 3.49. The molecular weight excluding hydrogens is 338 g/mol. The molecule has 0 aliphatic carbocycles. The number of hydrogen-bond acceptors (Lipinski definition) is 3. The highest BCUT2D eigenvalue weighted by Gasteiger charge is 2.12. The molecule has 0 radical (unpaired) electrons. The van der Waals surface area contributed by atoms with E-state index in [2.05, 4.69) is 45.1 Å². The van der Waals surface area contributed by atoms with Gasteiger partial charge in [0.15, 0.2) is 5.82 Å². The van der Waals surface area contributed by atoms with Crippen molar-refractivity contribution in [3.8, 4) is 11.4 Å². The molecule has 20 heavy (non-hydrogen) atoms. The van der Waals surface area contributed by atoms with Crippen molar-refractivity contribution < 1.29 is 0 Å². The third-order valence-electron chi connectivity index (χ3n) is 2.88. The molecule has 5 heteroatoms. The van der Waals surface area contributed by atoms with Crippen molar-refractivity contribution in [2.45, 2.75) is 26.7 Å². The molecule has 1 N–H and O–H groups in total. The summed E-state index contributed by atoms with van der Waals surface area (Å²) in [6.07, 6.45) is 1.89. The van der Waals surface area contributed by atoms with E-state index in [1.54, 1.807) is 0 Å². The first-order chi connectivity index (χ1) is 9.65. The maximum Gasteiger partial charge on any atom is 0.161 e. The largest absolute Gasteiger partial charge is 0.369 e. The molecule has 1 heterocycles. The van der Waals surface area contributed by atoms with Gasteiger partial charge in [-0.3, -0.25) is 0 Å². The van der Waals surface area contributed by atoms with Gasteiger partial charge in [-0.05, 0) is 40.9 Å². The number of halogens is 2. The molecule has 0 saturated carbocycles. The Labute approximate surface area is 132 Å². The van der Waals surface area contributed by atoms with Crippen LogP contribution in [0.2, 0.25) is 5.02 Å². The predicted octanol–water partition coefficient (Wildman–Crippen LogP) is 4.94. The van der Waals surface area contributed by atoms with Crippen LogP contribution in [0.15, 0.2) is 28.7 Å². The Morgan fingerprint density at radius 1 is 1.25 bits per heavy atom. The molecule has 1 aromatic heterocycles. The van der Waals surface area contributed by atoms with E-state index in [0.717, 1.165) is 40.9 Å². The molecule has 0 saturated heterocycles. The monoisotopic (exact) mass is 353 g/mol. The maximum atomic E-state index is 6.04. The zero-order valence-corrected chi connectivity index (χ0v) is 13.9. The molecule has 0 atom stereocenters. The molecule has 0 aliphatic rings. The second kappa shape index (κ2) is 7.04. The Bertz CT molecular complexity index is 602. The second-order valence-electron chi connectivity index (χ2n) is 4.45. The fourth-order valence-corrected chi connectivity index (χ4v) is 2.63. The highest BCUT2D eigenvalue weighted by Crippen LogP contribution is 2.28. The number of nitrogens with zero attached hydrogens (tertiary/aromatic N) is 2. The first kappa shape index (κ1) is 15.3. The lowest BCUT2D eigenvalue weighted by Crippen LogP contribution is -2.07. The molecule has 1 aromatic carbocycles. The maximum absolute atomic E-state index is 6.04. The van der Waals surface area contributed by atoms with Crippen LogP contribution in [-0.4, -0.2) is 16.5 Å². The topological polar surface area (TPSA) is 37.8 Å². The summed E-state index contributed by atoms with van der Waals surface area (Å²) in [6.45, 7) is 5.09. The zero-order valence-electron chi connectivity index (χ0n) is 11.6. The van der Waals surface area contributed by atoms with Gasteiger partial charge in [-0.1, -0.05) is 37.6 Å². The highest BCUT2D eigenvalue weighted by molar-refractivity contribution is 9.10. The molecule has 0 amide bonds. The molecular formula is C15H17BrClN3. The van der Waals surface area contributed by atoms with E-state index in [0.29, 0.717) is 10.8 Å². The number of aromatic nitrogens is 2. The van der Waals surface area contributed by atoms with Crippen molar-refractivity contribution in [2.24, 2.45) is 0 Å². The number of rotatable bonds is 5. The minimum Gasteiger partial charge on any atom is -0.369 e. The van der Waals surface area contributed by atoms with Crippen LogP contribution in [0.4, 0.5) is 5.82 Å². The van der Waals surface area contributed by atoms with E-state index in [1.807, 2.05) is 24.3 Å². The average Bonchev–Trinajstić information content (AvgIpc) is 2.46. The quantitative estimate of drug-likeness (QED) is 0.826. The molecule has 0 aliphatic heterocycles. The predicted molar refractivity (Wildman–Crippen MR) is 88.3 cm³/mol. The Morgan fingerprint density at radius 3 is 2.70 bits per heavy atom. The molecule has 2 rings (SSSR count). The lowest BCUT2D eigenvalue weighted by Gasteiger charge is -2.12. The van der Waals surface area contributed by atoms with Crippen LogP contribution in [0.5, 0.6) is 0 Å². The molecule has 0 fully saturated rings. The lowest BCUT2D eigenvalue weighted by atomic mass is 10.2. The van der Waals surface area contributed by atoms with Gasteiger partial charge in [0, 0.05) is 17.1 Å².